The van der Waals surface area contributed by atoms with Gasteiger partial charge in [0, 0.05) is 5.69 Å². The molecule has 0 radical (unpaired) electrons. The summed E-state index contributed by atoms with van der Waals surface area (Å²) in [6.45, 7) is 4.15. The summed E-state index contributed by atoms with van der Waals surface area (Å²) in [6, 6.07) is 12.2. The maximum Gasteiger partial charge on any atom is 0.228 e. The molecule has 2 aromatic carbocycles. The molecule has 4 heteroatoms. The van der Waals surface area contributed by atoms with Crippen molar-refractivity contribution in [2.75, 3.05) is 12.4 Å². The molecule has 0 heterocycles. The van der Waals surface area contributed by atoms with Crippen molar-refractivity contribution in [1.82, 2.24) is 0 Å². The van der Waals surface area contributed by atoms with Crippen molar-refractivity contribution in [2.24, 2.45) is 0 Å². The molecule has 1 amide bonds. The first-order valence-corrected chi connectivity index (χ1v) is 7.22. The van der Waals surface area contributed by atoms with E-state index in [1.165, 1.54) is 19.2 Å². The van der Waals surface area contributed by atoms with Crippen LogP contribution in [-0.4, -0.2) is 13.0 Å². The second kappa shape index (κ2) is 7.07. The van der Waals surface area contributed by atoms with Crippen molar-refractivity contribution < 1.29 is 13.9 Å². The fraction of sp³-hybridized carbons (Fsp3) is 0.278. The Labute approximate surface area is 130 Å². The normalized spacial score (nSPS) is 10.6. The summed E-state index contributed by atoms with van der Waals surface area (Å²) in [6.07, 6.45) is 0.118. The van der Waals surface area contributed by atoms with E-state index in [1.807, 2.05) is 24.3 Å². The van der Waals surface area contributed by atoms with Gasteiger partial charge in [0.25, 0.3) is 0 Å². The fourth-order valence-corrected chi connectivity index (χ4v) is 2.31. The predicted octanol–water partition coefficient (Wildman–Crippen LogP) is 4.14. The van der Waals surface area contributed by atoms with E-state index >= 15 is 0 Å². The summed E-state index contributed by atoms with van der Waals surface area (Å²) in [7, 11) is 1.41. The van der Waals surface area contributed by atoms with Crippen LogP contribution in [0.2, 0.25) is 0 Å². The zero-order chi connectivity index (χ0) is 16.1. The van der Waals surface area contributed by atoms with Gasteiger partial charge in [-0.2, -0.15) is 0 Å². The number of carbonyl (C=O) groups is 1. The van der Waals surface area contributed by atoms with Crippen molar-refractivity contribution in [1.29, 1.82) is 0 Å². The molecule has 22 heavy (non-hydrogen) atoms. The van der Waals surface area contributed by atoms with Crippen molar-refractivity contribution in [2.45, 2.75) is 26.2 Å². The highest BCUT2D eigenvalue weighted by Gasteiger charge is 2.11. The van der Waals surface area contributed by atoms with Gasteiger partial charge in [-0.15, -0.1) is 0 Å². The maximum atomic E-state index is 13.6. The number of anilines is 1. The second-order valence-electron chi connectivity index (χ2n) is 5.44. The molecule has 0 saturated carbocycles. The Balaban J connectivity index is 2.09. The third-order valence-electron chi connectivity index (χ3n) is 3.44. The van der Waals surface area contributed by atoms with Crippen LogP contribution in [0.3, 0.4) is 0 Å². The number of nitrogens with one attached hydrogen (secondary N) is 1. The molecule has 3 nitrogen and oxygen atoms in total. The van der Waals surface area contributed by atoms with Crippen LogP contribution in [0.25, 0.3) is 0 Å². The highest BCUT2D eigenvalue weighted by atomic mass is 19.1. The molecule has 0 bridgehead atoms. The van der Waals surface area contributed by atoms with Gasteiger partial charge in [0.1, 0.15) is 0 Å². The highest BCUT2D eigenvalue weighted by Crippen LogP contribution is 2.24. The molecule has 0 fully saturated rings. The van der Waals surface area contributed by atoms with Crippen molar-refractivity contribution >= 4 is 11.6 Å². The number of methoxy groups -OCH3 is 1. The van der Waals surface area contributed by atoms with E-state index in [0.29, 0.717) is 11.5 Å². The largest absolute Gasteiger partial charge is 0.494 e. The smallest absolute Gasteiger partial charge is 0.228 e. The van der Waals surface area contributed by atoms with Gasteiger partial charge in [0.15, 0.2) is 11.6 Å². The Morgan fingerprint density at radius 3 is 2.59 bits per heavy atom. The first-order valence-electron chi connectivity index (χ1n) is 7.22. The summed E-state index contributed by atoms with van der Waals surface area (Å²) >= 11 is 0. The topological polar surface area (TPSA) is 38.3 Å². The zero-order valence-corrected chi connectivity index (χ0v) is 13.0. The van der Waals surface area contributed by atoms with Crippen molar-refractivity contribution in [3.8, 4) is 5.75 Å². The molecule has 2 aromatic rings. The van der Waals surface area contributed by atoms with Crippen LogP contribution < -0.4 is 10.1 Å². The number of ether oxygens (including phenoxy) is 1. The van der Waals surface area contributed by atoms with Gasteiger partial charge >= 0.3 is 0 Å². The van der Waals surface area contributed by atoms with Crippen LogP contribution in [0.4, 0.5) is 10.1 Å². The van der Waals surface area contributed by atoms with Gasteiger partial charge in [0.2, 0.25) is 5.91 Å². The number of halogens is 1. The Morgan fingerprint density at radius 1 is 1.23 bits per heavy atom. The molecule has 0 aliphatic rings. The fourth-order valence-electron chi connectivity index (χ4n) is 2.31. The molecule has 0 atom stereocenters. The van der Waals surface area contributed by atoms with Gasteiger partial charge in [-0.3, -0.25) is 4.79 Å². The molecule has 1 N–H and O–H groups in total. The summed E-state index contributed by atoms with van der Waals surface area (Å²) in [4.78, 5) is 12.2. The number of hydrogen-bond acceptors (Lipinski definition) is 2. The minimum Gasteiger partial charge on any atom is -0.494 e. The van der Waals surface area contributed by atoms with E-state index in [0.717, 1.165) is 11.3 Å². The summed E-state index contributed by atoms with van der Waals surface area (Å²) in [5.41, 5.74) is 2.49. The molecule has 0 aliphatic carbocycles. The van der Waals surface area contributed by atoms with Crippen LogP contribution in [0.5, 0.6) is 5.75 Å². The number of para-hydroxylation sites is 1. The van der Waals surface area contributed by atoms with E-state index in [2.05, 4.69) is 19.2 Å². The van der Waals surface area contributed by atoms with Crippen LogP contribution in [0, 0.1) is 5.82 Å². The summed E-state index contributed by atoms with van der Waals surface area (Å²) < 4.78 is 18.5. The monoisotopic (exact) mass is 301 g/mol. The van der Waals surface area contributed by atoms with Gasteiger partial charge in [-0.05, 0) is 35.2 Å². The quantitative estimate of drug-likeness (QED) is 0.901. The third-order valence-corrected chi connectivity index (χ3v) is 3.44. The lowest BCUT2D eigenvalue weighted by Gasteiger charge is -2.13. The molecule has 0 saturated heterocycles. The lowest BCUT2D eigenvalue weighted by molar-refractivity contribution is -0.115. The number of amides is 1. The SMILES string of the molecule is COc1ccc(CC(=O)Nc2ccccc2C(C)C)cc1F. The minimum atomic E-state index is -0.463. The Bertz CT molecular complexity index is 668. The Hall–Kier alpha value is -2.36. The number of carbonyl (C=O) groups excluding carboxylic acids is 1. The predicted molar refractivity (Wildman–Crippen MR) is 85.8 cm³/mol. The lowest BCUT2D eigenvalue weighted by Crippen LogP contribution is -2.16. The van der Waals surface area contributed by atoms with Crippen molar-refractivity contribution in [3.63, 3.8) is 0 Å². The number of hydrogen-bond donors (Lipinski definition) is 1. The standard InChI is InChI=1S/C18H20FNO2/c1-12(2)14-6-4-5-7-16(14)20-18(21)11-13-8-9-17(22-3)15(19)10-13/h4-10,12H,11H2,1-3H3,(H,20,21). The lowest BCUT2D eigenvalue weighted by atomic mass is 10.0. The van der Waals surface area contributed by atoms with Crippen LogP contribution in [-0.2, 0) is 11.2 Å². The van der Waals surface area contributed by atoms with Gasteiger partial charge in [0.05, 0.1) is 13.5 Å². The van der Waals surface area contributed by atoms with E-state index in [1.54, 1.807) is 6.07 Å². The van der Waals surface area contributed by atoms with E-state index < -0.39 is 5.82 Å². The van der Waals surface area contributed by atoms with Gasteiger partial charge in [-0.25, -0.2) is 4.39 Å². The summed E-state index contributed by atoms with van der Waals surface area (Å²) in [5.74, 6) is -0.141. The number of benzene rings is 2. The molecule has 0 unspecified atom stereocenters. The summed E-state index contributed by atoms with van der Waals surface area (Å²) in [5, 5.41) is 2.90. The second-order valence-corrected chi connectivity index (χ2v) is 5.44. The molecule has 0 spiro atoms. The average Bonchev–Trinajstić information content (AvgIpc) is 2.47. The Kier molecular flexibility index (Phi) is 5.15. The average molecular weight is 301 g/mol. The van der Waals surface area contributed by atoms with Crippen LogP contribution in [0.15, 0.2) is 42.5 Å². The van der Waals surface area contributed by atoms with E-state index in [-0.39, 0.29) is 18.1 Å². The van der Waals surface area contributed by atoms with Crippen molar-refractivity contribution in [3.05, 3.63) is 59.4 Å². The first kappa shape index (κ1) is 16.0. The molecule has 2 rings (SSSR count). The number of rotatable bonds is 5. The van der Waals surface area contributed by atoms with E-state index in [4.69, 9.17) is 4.74 Å². The Morgan fingerprint density at radius 2 is 1.95 bits per heavy atom. The van der Waals surface area contributed by atoms with Gasteiger partial charge < -0.3 is 10.1 Å². The molecule has 0 aliphatic heterocycles. The van der Waals surface area contributed by atoms with Crippen LogP contribution in [0.1, 0.15) is 30.9 Å². The molecule has 116 valence electrons. The molecular formula is C18H20FNO2. The molecule has 0 aromatic heterocycles. The minimum absolute atomic E-state index is 0.118. The van der Waals surface area contributed by atoms with Crippen LogP contribution >= 0.6 is 0 Å². The van der Waals surface area contributed by atoms with Gasteiger partial charge in [-0.1, -0.05) is 38.1 Å². The third kappa shape index (κ3) is 3.85. The molecular weight excluding hydrogens is 281 g/mol. The highest BCUT2D eigenvalue weighted by molar-refractivity contribution is 5.93. The van der Waals surface area contributed by atoms with E-state index in [9.17, 15) is 9.18 Å². The zero-order valence-electron chi connectivity index (χ0n) is 13.0. The first-order chi connectivity index (χ1) is 10.5. The maximum absolute atomic E-state index is 13.6.